The highest BCUT2D eigenvalue weighted by molar-refractivity contribution is 5.94. The van der Waals surface area contributed by atoms with E-state index in [2.05, 4.69) is 25.5 Å². The molecule has 4 rings (SSSR count). The average molecular weight is 481 g/mol. The van der Waals surface area contributed by atoms with Crippen molar-refractivity contribution in [3.8, 4) is 0 Å². The van der Waals surface area contributed by atoms with Gasteiger partial charge in [-0.2, -0.15) is 13.2 Å². The van der Waals surface area contributed by atoms with E-state index in [4.69, 9.17) is 0 Å². The Bertz CT molecular complexity index is 1130. The van der Waals surface area contributed by atoms with E-state index in [-0.39, 0.29) is 22.5 Å². The maximum absolute atomic E-state index is 12.7. The van der Waals surface area contributed by atoms with Gasteiger partial charge in [-0.3, -0.25) is 4.79 Å². The van der Waals surface area contributed by atoms with Gasteiger partial charge in [-0.15, -0.1) is 0 Å². The fraction of sp³-hybridized carbons (Fsp3) is 0.348. The molecule has 0 atom stereocenters. The van der Waals surface area contributed by atoms with E-state index in [1.807, 2.05) is 24.3 Å². The zero-order chi connectivity index (χ0) is 24.1. The van der Waals surface area contributed by atoms with E-state index in [1.54, 1.807) is 0 Å². The van der Waals surface area contributed by atoms with Crippen molar-refractivity contribution in [2.75, 3.05) is 42.9 Å². The van der Waals surface area contributed by atoms with Crippen LogP contribution in [-0.2, 0) is 11.0 Å². The third-order valence-corrected chi connectivity index (χ3v) is 5.56. The summed E-state index contributed by atoms with van der Waals surface area (Å²) in [6.07, 6.45) is -2.97. The maximum atomic E-state index is 12.7. The first kappa shape index (κ1) is 23.4. The summed E-state index contributed by atoms with van der Waals surface area (Å²) in [5, 5.41) is 5.37. The summed E-state index contributed by atoms with van der Waals surface area (Å²) in [7, 11) is 0. The summed E-state index contributed by atoms with van der Waals surface area (Å²) >= 11 is 0. The van der Waals surface area contributed by atoms with Crippen LogP contribution in [-0.4, -0.2) is 59.5 Å². The zero-order valence-corrected chi connectivity index (χ0v) is 18.4. The van der Waals surface area contributed by atoms with Crippen LogP contribution in [0.15, 0.2) is 48.5 Å². The lowest BCUT2D eigenvalue weighted by molar-refractivity contribution is -0.137. The normalized spacial score (nSPS) is 15.8. The Labute approximate surface area is 198 Å². The summed E-state index contributed by atoms with van der Waals surface area (Å²) in [6.45, 7) is 1.84. The lowest BCUT2D eigenvalue weighted by Crippen LogP contribution is -2.47. The molecule has 1 aliphatic heterocycles. The van der Waals surface area contributed by atoms with Crippen molar-refractivity contribution in [2.24, 2.45) is 0 Å². The molecular weight excluding hydrogens is 449 g/mol. The van der Waals surface area contributed by atoms with Gasteiger partial charge in [0.05, 0.1) is 16.6 Å². The number of nitrogens with one attached hydrogen (secondary N) is 3. The van der Waals surface area contributed by atoms with E-state index in [0.29, 0.717) is 26.1 Å². The van der Waals surface area contributed by atoms with Crippen molar-refractivity contribution in [3.05, 3.63) is 54.1 Å². The van der Waals surface area contributed by atoms with Crippen LogP contribution in [0.2, 0.25) is 0 Å². The number of rotatable bonds is 4. The number of halogens is 3. The van der Waals surface area contributed by atoms with Gasteiger partial charge >= 0.3 is 12.2 Å². The summed E-state index contributed by atoms with van der Waals surface area (Å²) in [5.41, 5.74) is 1.27. The van der Waals surface area contributed by atoms with Crippen molar-refractivity contribution >= 4 is 34.6 Å². The van der Waals surface area contributed by atoms with Crippen LogP contribution < -0.4 is 15.5 Å². The molecule has 0 spiro atoms. The van der Waals surface area contributed by atoms with Crippen molar-refractivity contribution in [2.45, 2.75) is 19.0 Å². The van der Waals surface area contributed by atoms with Crippen LogP contribution in [0.5, 0.6) is 0 Å². The second-order valence-electron chi connectivity index (χ2n) is 8.05. The number of urea groups is 1. The number of carbonyl (C=O) groups is 2. The molecule has 0 unspecified atom stereocenters. The number of H-pyrrole nitrogens is 1. The molecule has 0 radical (unpaired) electrons. The predicted molar refractivity (Wildman–Crippen MR) is 129 cm³/mol. The van der Waals surface area contributed by atoms with E-state index in [0.717, 1.165) is 42.1 Å². The fourth-order valence-electron chi connectivity index (χ4n) is 3.80. The standard InChI is InChI=1S/C23H25F3N6O2.3H2/c24-23(25,26)16-7-9-17(10-8-16)28-20(33)15-32-13-4-3-12-31(14-11-27-22(32)34)21-29-18-5-1-2-6-19(18)30-21;;;/h1-2,5-10H,3-4,11-15H2,(H,27,34)(H,28,33)(H,29,30);3*1H. The Hall–Kier alpha value is -3.76. The number of aromatic nitrogens is 2. The second-order valence-corrected chi connectivity index (χ2v) is 8.05. The van der Waals surface area contributed by atoms with Crippen molar-refractivity contribution < 1.29 is 27.0 Å². The first-order valence-electron chi connectivity index (χ1n) is 11.0. The lowest BCUT2D eigenvalue weighted by atomic mass is 10.2. The van der Waals surface area contributed by atoms with Crippen LogP contribution in [0.3, 0.4) is 0 Å². The molecule has 2 heterocycles. The molecule has 34 heavy (non-hydrogen) atoms. The Kier molecular flexibility index (Phi) is 6.90. The Balaban J connectivity index is 0.00000228. The maximum Gasteiger partial charge on any atom is 0.416 e. The number of imidazole rings is 1. The van der Waals surface area contributed by atoms with Crippen LogP contribution >= 0.6 is 0 Å². The lowest BCUT2D eigenvalue weighted by Gasteiger charge is -2.28. The van der Waals surface area contributed by atoms with Gasteiger partial charge in [0, 0.05) is 36.1 Å². The fourth-order valence-corrected chi connectivity index (χ4v) is 3.80. The highest BCUT2D eigenvalue weighted by Crippen LogP contribution is 2.29. The van der Waals surface area contributed by atoms with Gasteiger partial charge in [0.1, 0.15) is 6.54 Å². The number of aromatic amines is 1. The van der Waals surface area contributed by atoms with Gasteiger partial charge in [0.15, 0.2) is 0 Å². The summed E-state index contributed by atoms with van der Waals surface area (Å²) < 4.78 is 38.1. The summed E-state index contributed by atoms with van der Waals surface area (Å²) in [4.78, 5) is 36.5. The first-order valence-corrected chi connectivity index (χ1v) is 11.0. The second kappa shape index (κ2) is 10.0. The van der Waals surface area contributed by atoms with Gasteiger partial charge in [0.2, 0.25) is 11.9 Å². The molecule has 3 N–H and O–H groups in total. The molecule has 0 aliphatic carbocycles. The Morgan fingerprint density at radius 1 is 1.06 bits per heavy atom. The number of para-hydroxylation sites is 2. The molecule has 3 amide bonds. The minimum Gasteiger partial charge on any atom is -0.341 e. The number of hydrogen-bond donors (Lipinski definition) is 3. The number of alkyl halides is 3. The van der Waals surface area contributed by atoms with E-state index >= 15 is 0 Å². The van der Waals surface area contributed by atoms with Crippen LogP contribution in [0.25, 0.3) is 11.0 Å². The van der Waals surface area contributed by atoms with Gasteiger partial charge in [-0.1, -0.05) is 12.1 Å². The number of hydrogen-bond acceptors (Lipinski definition) is 4. The molecule has 186 valence electrons. The smallest absolute Gasteiger partial charge is 0.341 e. The van der Waals surface area contributed by atoms with Crippen molar-refractivity contribution in [3.63, 3.8) is 0 Å². The number of nitrogens with zero attached hydrogens (tertiary/aromatic N) is 3. The molecular formula is C23H31F3N6O2. The molecule has 1 aromatic heterocycles. The third-order valence-electron chi connectivity index (χ3n) is 5.56. The SMILES string of the molecule is O=C(CN1CCCCN(c2nc3ccccc3[nH]2)CCNC1=O)Nc1ccc(C(F)(F)F)cc1.[HH].[HH].[HH]. The summed E-state index contributed by atoms with van der Waals surface area (Å²) in [5.74, 6) is 0.277. The first-order chi connectivity index (χ1) is 16.3. The minimum atomic E-state index is -4.44. The monoisotopic (exact) mass is 480 g/mol. The largest absolute Gasteiger partial charge is 0.416 e. The third kappa shape index (κ3) is 5.77. The molecule has 2 aromatic carbocycles. The van der Waals surface area contributed by atoms with Gasteiger partial charge in [0.25, 0.3) is 0 Å². The molecule has 0 saturated carbocycles. The molecule has 1 saturated heterocycles. The van der Waals surface area contributed by atoms with Crippen molar-refractivity contribution in [1.82, 2.24) is 20.2 Å². The molecule has 11 heteroatoms. The average Bonchev–Trinajstić information content (AvgIpc) is 3.23. The molecule has 0 bridgehead atoms. The number of amides is 3. The number of anilines is 2. The predicted octanol–water partition coefficient (Wildman–Crippen LogP) is 4.57. The highest BCUT2D eigenvalue weighted by Gasteiger charge is 2.30. The van der Waals surface area contributed by atoms with Crippen LogP contribution in [0, 0.1) is 0 Å². The minimum absolute atomic E-state index is 0. The molecule has 3 aromatic rings. The quantitative estimate of drug-likeness (QED) is 0.510. The van der Waals surface area contributed by atoms with E-state index < -0.39 is 17.6 Å². The molecule has 1 aliphatic rings. The van der Waals surface area contributed by atoms with E-state index in [9.17, 15) is 22.8 Å². The van der Waals surface area contributed by atoms with Crippen LogP contribution in [0.4, 0.5) is 29.6 Å². The van der Waals surface area contributed by atoms with E-state index in [1.165, 1.54) is 17.0 Å². The number of benzene rings is 2. The van der Waals surface area contributed by atoms with Gasteiger partial charge in [-0.05, 0) is 49.2 Å². The zero-order valence-electron chi connectivity index (χ0n) is 18.4. The van der Waals surface area contributed by atoms with Crippen molar-refractivity contribution in [1.29, 1.82) is 0 Å². The van der Waals surface area contributed by atoms with Gasteiger partial charge < -0.3 is 25.4 Å². The Morgan fingerprint density at radius 2 is 1.79 bits per heavy atom. The molecule has 8 nitrogen and oxygen atoms in total. The topological polar surface area (TPSA) is 93.4 Å². The molecule has 1 fully saturated rings. The number of carbonyl (C=O) groups excluding carboxylic acids is 2. The summed E-state index contributed by atoms with van der Waals surface area (Å²) in [6, 6.07) is 11.6. The number of fused-ring (bicyclic) bond motifs is 1. The van der Waals surface area contributed by atoms with Gasteiger partial charge in [-0.25, -0.2) is 9.78 Å². The highest BCUT2D eigenvalue weighted by atomic mass is 19.4. The van der Waals surface area contributed by atoms with Crippen LogP contribution in [0.1, 0.15) is 22.7 Å². The Morgan fingerprint density at radius 3 is 2.53 bits per heavy atom.